The van der Waals surface area contributed by atoms with Gasteiger partial charge in [-0.15, -0.1) is 0 Å². The molecule has 1 aromatic heterocycles. The van der Waals surface area contributed by atoms with Gasteiger partial charge < -0.3 is 14.4 Å². The molecule has 2 rings (SSSR count). The van der Waals surface area contributed by atoms with Crippen LogP contribution in [0.15, 0.2) is 28.8 Å². The molecule has 0 radical (unpaired) electrons. The molecule has 1 heterocycles. The Balaban J connectivity index is 2.08. The average molecular weight is 275 g/mol. The molecule has 0 bridgehead atoms. The molecule has 5 heteroatoms. The van der Waals surface area contributed by atoms with E-state index in [1.807, 2.05) is 19.1 Å². The normalized spacial score (nSPS) is 10.8. The van der Waals surface area contributed by atoms with Crippen LogP contribution in [-0.4, -0.2) is 16.2 Å². The van der Waals surface area contributed by atoms with Crippen molar-refractivity contribution in [2.24, 2.45) is 0 Å². The summed E-state index contributed by atoms with van der Waals surface area (Å²) in [4.78, 5) is 10.7. The van der Waals surface area contributed by atoms with Crippen molar-refractivity contribution in [2.45, 2.75) is 33.3 Å². The third kappa shape index (κ3) is 3.38. The molecule has 0 spiro atoms. The zero-order valence-corrected chi connectivity index (χ0v) is 11.7. The van der Waals surface area contributed by atoms with Gasteiger partial charge in [-0.2, -0.15) is 0 Å². The van der Waals surface area contributed by atoms with Crippen molar-refractivity contribution >= 4 is 5.97 Å². The van der Waals surface area contributed by atoms with Gasteiger partial charge in [0.05, 0.1) is 0 Å². The van der Waals surface area contributed by atoms with E-state index in [1.54, 1.807) is 0 Å². The molecular formula is C15H17NO4. The number of carboxylic acids is 1. The first-order chi connectivity index (χ1) is 9.45. The number of hydrogen-bond donors (Lipinski definition) is 1. The predicted octanol–water partition coefficient (Wildman–Crippen LogP) is 3.38. The lowest BCUT2D eigenvalue weighted by molar-refractivity contribution is 0.0685. The molecule has 2 aromatic rings. The summed E-state index contributed by atoms with van der Waals surface area (Å²) in [6.07, 6.45) is 0. The van der Waals surface area contributed by atoms with Crippen molar-refractivity contribution in [1.82, 2.24) is 5.16 Å². The Morgan fingerprint density at radius 1 is 1.35 bits per heavy atom. The fourth-order valence-corrected chi connectivity index (χ4v) is 1.83. The quantitative estimate of drug-likeness (QED) is 0.905. The number of hydrogen-bond acceptors (Lipinski definition) is 4. The summed E-state index contributed by atoms with van der Waals surface area (Å²) in [6.45, 7) is 6.40. The molecule has 5 nitrogen and oxygen atoms in total. The fourth-order valence-electron chi connectivity index (χ4n) is 1.83. The Hall–Kier alpha value is -2.30. The van der Waals surface area contributed by atoms with Crippen LogP contribution in [0, 0.1) is 6.92 Å². The van der Waals surface area contributed by atoms with Crippen molar-refractivity contribution in [3.63, 3.8) is 0 Å². The molecular weight excluding hydrogens is 258 g/mol. The van der Waals surface area contributed by atoms with Gasteiger partial charge in [-0.1, -0.05) is 25.1 Å². The maximum absolute atomic E-state index is 10.7. The lowest BCUT2D eigenvalue weighted by Crippen LogP contribution is -1.97. The van der Waals surface area contributed by atoms with Gasteiger partial charge in [-0.05, 0) is 36.1 Å². The molecule has 0 amide bonds. The number of ether oxygens (including phenoxy) is 1. The van der Waals surface area contributed by atoms with Crippen molar-refractivity contribution < 1.29 is 19.2 Å². The van der Waals surface area contributed by atoms with Gasteiger partial charge in [0.1, 0.15) is 12.4 Å². The highest BCUT2D eigenvalue weighted by Gasteiger charge is 2.11. The van der Waals surface area contributed by atoms with E-state index in [0.717, 1.165) is 11.3 Å². The highest BCUT2D eigenvalue weighted by atomic mass is 16.5. The summed E-state index contributed by atoms with van der Waals surface area (Å²) < 4.78 is 10.5. The maximum Gasteiger partial charge on any atom is 0.358 e. The molecule has 20 heavy (non-hydrogen) atoms. The topological polar surface area (TPSA) is 72.6 Å². The van der Waals surface area contributed by atoms with Gasteiger partial charge >= 0.3 is 5.97 Å². The number of benzene rings is 1. The first kappa shape index (κ1) is 14.1. The SMILES string of the molecule is Cc1cc(OCc2cc(C(=O)O)no2)cc(C(C)C)c1. The van der Waals surface area contributed by atoms with Gasteiger partial charge in [0.15, 0.2) is 11.5 Å². The van der Waals surface area contributed by atoms with Gasteiger partial charge in [-0.3, -0.25) is 0 Å². The van der Waals surface area contributed by atoms with Crippen molar-refractivity contribution in [3.05, 3.63) is 46.8 Å². The van der Waals surface area contributed by atoms with E-state index in [0.29, 0.717) is 11.7 Å². The summed E-state index contributed by atoms with van der Waals surface area (Å²) in [5, 5.41) is 12.2. The molecule has 0 aliphatic rings. The molecule has 106 valence electrons. The molecule has 1 aromatic carbocycles. The lowest BCUT2D eigenvalue weighted by Gasteiger charge is -2.10. The number of aryl methyl sites for hydroxylation is 1. The zero-order chi connectivity index (χ0) is 14.7. The molecule has 0 unspecified atom stereocenters. The smallest absolute Gasteiger partial charge is 0.358 e. The molecule has 0 atom stereocenters. The van der Waals surface area contributed by atoms with Crippen LogP contribution in [0.5, 0.6) is 5.75 Å². The minimum atomic E-state index is -1.11. The predicted molar refractivity (Wildman–Crippen MR) is 73.1 cm³/mol. The maximum atomic E-state index is 10.7. The Kier molecular flexibility index (Phi) is 4.08. The molecule has 1 N–H and O–H groups in total. The highest BCUT2D eigenvalue weighted by molar-refractivity contribution is 5.85. The van der Waals surface area contributed by atoms with Gasteiger partial charge in [-0.25, -0.2) is 4.79 Å². The molecule has 0 saturated heterocycles. The fraction of sp³-hybridized carbons (Fsp3) is 0.333. The van der Waals surface area contributed by atoms with Crippen molar-refractivity contribution in [3.8, 4) is 5.75 Å². The van der Waals surface area contributed by atoms with Crippen molar-refractivity contribution in [2.75, 3.05) is 0 Å². The second-order valence-electron chi connectivity index (χ2n) is 5.01. The van der Waals surface area contributed by atoms with Crippen LogP contribution in [0.3, 0.4) is 0 Å². The summed E-state index contributed by atoms with van der Waals surface area (Å²) in [5.41, 5.74) is 2.20. The number of nitrogens with zero attached hydrogens (tertiary/aromatic N) is 1. The van der Waals surface area contributed by atoms with Crippen LogP contribution in [0.25, 0.3) is 0 Å². The number of rotatable bonds is 5. The van der Waals surface area contributed by atoms with E-state index in [-0.39, 0.29) is 12.3 Å². The van der Waals surface area contributed by atoms with E-state index < -0.39 is 5.97 Å². The molecule has 0 saturated carbocycles. The minimum Gasteiger partial charge on any atom is -0.486 e. The van der Waals surface area contributed by atoms with Crippen LogP contribution >= 0.6 is 0 Å². The third-order valence-electron chi connectivity index (χ3n) is 2.90. The number of carboxylic acid groups (broad SMARTS) is 1. The molecule has 0 aliphatic heterocycles. The second kappa shape index (κ2) is 5.77. The van der Waals surface area contributed by atoms with Crippen LogP contribution in [-0.2, 0) is 6.61 Å². The van der Waals surface area contributed by atoms with E-state index >= 15 is 0 Å². The Morgan fingerprint density at radius 2 is 2.10 bits per heavy atom. The number of aromatic nitrogens is 1. The van der Waals surface area contributed by atoms with Gasteiger partial charge in [0, 0.05) is 6.07 Å². The zero-order valence-electron chi connectivity index (χ0n) is 11.7. The monoisotopic (exact) mass is 275 g/mol. The molecule has 0 fully saturated rings. The average Bonchev–Trinajstić information content (AvgIpc) is 2.84. The highest BCUT2D eigenvalue weighted by Crippen LogP contribution is 2.23. The Labute approximate surface area is 117 Å². The van der Waals surface area contributed by atoms with Gasteiger partial charge in [0.2, 0.25) is 0 Å². The summed E-state index contributed by atoms with van der Waals surface area (Å²) in [7, 11) is 0. The standard InChI is InChI=1S/C15H17NO4/c1-9(2)11-4-10(3)5-12(6-11)19-8-13-7-14(15(17)18)16-20-13/h4-7,9H,8H2,1-3H3,(H,17,18). The van der Waals surface area contributed by atoms with Crippen LogP contribution in [0.1, 0.15) is 47.1 Å². The van der Waals surface area contributed by atoms with E-state index in [9.17, 15) is 4.79 Å². The largest absolute Gasteiger partial charge is 0.486 e. The number of carbonyl (C=O) groups is 1. The van der Waals surface area contributed by atoms with E-state index in [2.05, 4.69) is 25.1 Å². The third-order valence-corrected chi connectivity index (χ3v) is 2.90. The minimum absolute atomic E-state index is 0.115. The van der Waals surface area contributed by atoms with E-state index in [4.69, 9.17) is 14.4 Å². The van der Waals surface area contributed by atoms with E-state index in [1.165, 1.54) is 11.6 Å². The first-order valence-electron chi connectivity index (χ1n) is 6.39. The van der Waals surface area contributed by atoms with Crippen LogP contribution in [0.2, 0.25) is 0 Å². The van der Waals surface area contributed by atoms with Gasteiger partial charge in [0.25, 0.3) is 0 Å². The lowest BCUT2D eigenvalue weighted by atomic mass is 10.0. The number of aromatic carboxylic acids is 1. The van der Waals surface area contributed by atoms with Crippen molar-refractivity contribution in [1.29, 1.82) is 0 Å². The Morgan fingerprint density at radius 3 is 2.70 bits per heavy atom. The van der Waals surface area contributed by atoms with Crippen LogP contribution < -0.4 is 4.74 Å². The second-order valence-corrected chi connectivity index (χ2v) is 5.01. The van der Waals surface area contributed by atoms with Crippen LogP contribution in [0.4, 0.5) is 0 Å². The first-order valence-corrected chi connectivity index (χ1v) is 6.39. The molecule has 0 aliphatic carbocycles. The summed E-state index contributed by atoms with van der Waals surface area (Å²) >= 11 is 0. The summed E-state index contributed by atoms with van der Waals surface area (Å²) in [6, 6.07) is 7.39. The summed E-state index contributed by atoms with van der Waals surface area (Å²) in [5.74, 6) is 0.427. The Bertz CT molecular complexity index is 616.